The number of ether oxygens (including phenoxy) is 1. The van der Waals surface area contributed by atoms with Gasteiger partial charge in [0.25, 0.3) is 0 Å². The third-order valence-electron chi connectivity index (χ3n) is 3.66. The maximum Gasteiger partial charge on any atom is 0.316 e. The number of carbonyl (C=O) groups excluding carboxylic acids is 1. The summed E-state index contributed by atoms with van der Waals surface area (Å²) in [5.41, 5.74) is 0.327. The van der Waals surface area contributed by atoms with Gasteiger partial charge in [-0.1, -0.05) is 12.1 Å². The number of benzene rings is 2. The molecule has 0 aliphatic heterocycles. The smallest absolute Gasteiger partial charge is 0.316 e. The molecule has 1 aromatic heterocycles. The van der Waals surface area contributed by atoms with Gasteiger partial charge in [-0.05, 0) is 57.5 Å². The van der Waals surface area contributed by atoms with Crippen molar-refractivity contribution in [2.75, 3.05) is 0 Å². The minimum Gasteiger partial charge on any atom is -0.426 e. The van der Waals surface area contributed by atoms with Crippen LogP contribution >= 0.6 is 11.3 Å². The zero-order chi connectivity index (χ0) is 16.8. The third-order valence-corrected chi connectivity index (χ3v) is 4.98. The molecule has 0 spiro atoms. The van der Waals surface area contributed by atoms with Crippen LogP contribution in [0.2, 0.25) is 0 Å². The van der Waals surface area contributed by atoms with Crippen LogP contribution in [0.5, 0.6) is 5.75 Å². The lowest BCUT2D eigenvalue weighted by Crippen LogP contribution is -2.25. The van der Waals surface area contributed by atoms with Crippen molar-refractivity contribution in [2.45, 2.75) is 27.7 Å². The van der Waals surface area contributed by atoms with Crippen molar-refractivity contribution in [3.05, 3.63) is 52.2 Å². The predicted molar refractivity (Wildman–Crippen MR) is 95.4 cm³/mol. The van der Waals surface area contributed by atoms with Gasteiger partial charge in [-0.3, -0.25) is 9.59 Å². The highest BCUT2D eigenvalue weighted by atomic mass is 32.1. The van der Waals surface area contributed by atoms with Crippen LogP contribution in [-0.2, 0) is 4.79 Å². The molecule has 0 saturated carbocycles. The highest BCUT2D eigenvalue weighted by Crippen LogP contribution is 2.31. The Morgan fingerprint density at radius 3 is 2.48 bits per heavy atom. The fraction of sp³-hybridized carbons (Fsp3) is 0.263. The SMILES string of the molecule is Cc1cc(OC(=O)C(C)(C)C)cc2c(=O)c3ccccc3sc12. The largest absolute Gasteiger partial charge is 0.426 e. The van der Waals surface area contributed by atoms with Crippen molar-refractivity contribution in [3.8, 4) is 5.75 Å². The topological polar surface area (TPSA) is 43.4 Å². The van der Waals surface area contributed by atoms with E-state index in [1.807, 2.05) is 37.3 Å². The van der Waals surface area contributed by atoms with Gasteiger partial charge in [-0.25, -0.2) is 0 Å². The molecule has 4 heteroatoms. The van der Waals surface area contributed by atoms with Gasteiger partial charge in [0.1, 0.15) is 5.75 Å². The molecule has 0 bridgehead atoms. The molecule has 0 saturated heterocycles. The van der Waals surface area contributed by atoms with Crippen molar-refractivity contribution in [1.29, 1.82) is 0 Å². The van der Waals surface area contributed by atoms with Gasteiger partial charge >= 0.3 is 5.97 Å². The molecule has 0 fully saturated rings. The van der Waals surface area contributed by atoms with Crippen LogP contribution in [0.3, 0.4) is 0 Å². The van der Waals surface area contributed by atoms with Gasteiger partial charge in [-0.2, -0.15) is 0 Å². The van der Waals surface area contributed by atoms with Crippen LogP contribution < -0.4 is 10.2 Å². The van der Waals surface area contributed by atoms with Gasteiger partial charge in [0, 0.05) is 20.2 Å². The van der Waals surface area contributed by atoms with Crippen molar-refractivity contribution in [2.24, 2.45) is 5.41 Å². The molecule has 0 unspecified atom stereocenters. The second-order valence-electron chi connectivity index (χ2n) is 6.68. The lowest BCUT2D eigenvalue weighted by Gasteiger charge is -2.17. The number of hydrogen-bond donors (Lipinski definition) is 0. The highest BCUT2D eigenvalue weighted by molar-refractivity contribution is 7.24. The standard InChI is InChI=1S/C19H18O3S/c1-11-9-12(22-18(21)19(2,3)4)10-14-16(20)13-7-5-6-8-15(13)23-17(11)14/h5-10H,1-4H3. The summed E-state index contributed by atoms with van der Waals surface area (Å²) in [7, 11) is 0. The Balaban J connectivity index is 2.21. The van der Waals surface area contributed by atoms with Crippen LogP contribution in [0.25, 0.3) is 20.2 Å². The van der Waals surface area contributed by atoms with E-state index in [-0.39, 0.29) is 11.4 Å². The zero-order valence-corrected chi connectivity index (χ0v) is 14.4. The van der Waals surface area contributed by atoms with Gasteiger partial charge in [-0.15, -0.1) is 11.3 Å². The first-order valence-electron chi connectivity index (χ1n) is 7.46. The third kappa shape index (κ3) is 2.86. The van der Waals surface area contributed by atoms with Crippen molar-refractivity contribution < 1.29 is 9.53 Å². The van der Waals surface area contributed by atoms with Crippen LogP contribution in [0.4, 0.5) is 0 Å². The molecule has 0 aliphatic carbocycles. The van der Waals surface area contributed by atoms with Gasteiger partial charge in [0.2, 0.25) is 0 Å². The Hall–Kier alpha value is -2.20. The first-order valence-corrected chi connectivity index (χ1v) is 8.27. The molecule has 3 nitrogen and oxygen atoms in total. The summed E-state index contributed by atoms with van der Waals surface area (Å²) in [4.78, 5) is 24.8. The molecule has 118 valence electrons. The summed E-state index contributed by atoms with van der Waals surface area (Å²) in [6.45, 7) is 7.34. The van der Waals surface area contributed by atoms with E-state index < -0.39 is 5.41 Å². The average molecular weight is 326 g/mol. The summed E-state index contributed by atoms with van der Waals surface area (Å²) < 4.78 is 7.36. The number of rotatable bonds is 1. The fourth-order valence-corrected chi connectivity index (χ4v) is 3.48. The predicted octanol–water partition coefficient (Wildman–Crippen LogP) is 4.67. The van der Waals surface area contributed by atoms with Crippen LogP contribution in [0.15, 0.2) is 41.2 Å². The molecule has 3 aromatic rings. The number of hydrogen-bond acceptors (Lipinski definition) is 4. The quantitative estimate of drug-likeness (QED) is 0.371. The van der Waals surface area contributed by atoms with Crippen molar-refractivity contribution in [1.82, 2.24) is 0 Å². The summed E-state index contributed by atoms with van der Waals surface area (Å²) in [6.07, 6.45) is 0. The van der Waals surface area contributed by atoms with Crippen LogP contribution in [-0.4, -0.2) is 5.97 Å². The number of fused-ring (bicyclic) bond motifs is 2. The van der Waals surface area contributed by atoms with E-state index in [1.54, 1.807) is 38.2 Å². The maximum atomic E-state index is 12.7. The van der Waals surface area contributed by atoms with E-state index >= 15 is 0 Å². The lowest BCUT2D eigenvalue weighted by atomic mass is 9.97. The van der Waals surface area contributed by atoms with E-state index in [4.69, 9.17) is 4.74 Å². The maximum absolute atomic E-state index is 12.7. The zero-order valence-electron chi connectivity index (χ0n) is 13.6. The first kappa shape index (κ1) is 15.7. The highest BCUT2D eigenvalue weighted by Gasteiger charge is 2.24. The Morgan fingerprint density at radius 2 is 1.78 bits per heavy atom. The van der Waals surface area contributed by atoms with Gasteiger partial charge in [0.15, 0.2) is 5.43 Å². The molecule has 2 aromatic carbocycles. The molecule has 0 N–H and O–H groups in total. The fourth-order valence-electron chi connectivity index (χ4n) is 2.36. The molecule has 0 atom stereocenters. The summed E-state index contributed by atoms with van der Waals surface area (Å²) in [5.74, 6) is 0.114. The van der Waals surface area contributed by atoms with Crippen molar-refractivity contribution in [3.63, 3.8) is 0 Å². The number of esters is 1. The van der Waals surface area contributed by atoms with E-state index in [2.05, 4.69) is 0 Å². The first-order chi connectivity index (χ1) is 10.8. The minimum absolute atomic E-state index is 0.0221. The Kier molecular flexibility index (Phi) is 3.72. The Morgan fingerprint density at radius 1 is 1.09 bits per heavy atom. The molecule has 0 aliphatic rings. The van der Waals surface area contributed by atoms with E-state index in [1.165, 1.54) is 0 Å². The monoisotopic (exact) mass is 326 g/mol. The molecule has 0 amide bonds. The summed E-state index contributed by atoms with van der Waals surface area (Å²) in [6, 6.07) is 11.1. The number of carbonyl (C=O) groups is 1. The second kappa shape index (κ2) is 5.46. The molecular weight excluding hydrogens is 308 g/mol. The number of aryl methyl sites for hydroxylation is 1. The summed E-state index contributed by atoms with van der Waals surface area (Å²) >= 11 is 1.58. The molecule has 1 heterocycles. The molecule has 3 rings (SSSR count). The normalized spacial score (nSPS) is 11.8. The van der Waals surface area contributed by atoms with Gasteiger partial charge in [0.05, 0.1) is 5.41 Å². The second-order valence-corrected chi connectivity index (χ2v) is 7.74. The summed E-state index contributed by atoms with van der Waals surface area (Å²) in [5, 5.41) is 1.30. The Bertz CT molecular complexity index is 977. The van der Waals surface area contributed by atoms with E-state index in [0.717, 1.165) is 15.0 Å². The molecular formula is C19H18O3S. The molecule has 0 radical (unpaired) electrons. The Labute approximate surface area is 138 Å². The average Bonchev–Trinajstić information content (AvgIpc) is 2.48. The van der Waals surface area contributed by atoms with Crippen LogP contribution in [0.1, 0.15) is 26.3 Å². The van der Waals surface area contributed by atoms with Crippen molar-refractivity contribution >= 4 is 37.5 Å². The van der Waals surface area contributed by atoms with E-state index in [0.29, 0.717) is 16.5 Å². The van der Waals surface area contributed by atoms with E-state index in [9.17, 15) is 9.59 Å². The minimum atomic E-state index is -0.588. The van der Waals surface area contributed by atoms with Gasteiger partial charge < -0.3 is 4.74 Å². The van der Waals surface area contributed by atoms with Crippen LogP contribution in [0, 0.1) is 12.3 Å². The lowest BCUT2D eigenvalue weighted by molar-refractivity contribution is -0.142. The molecule has 23 heavy (non-hydrogen) atoms.